The molecule has 0 unspecified atom stereocenters. The Balaban J connectivity index is 1.38. The molecule has 0 saturated carbocycles. The molecule has 0 saturated heterocycles. The van der Waals surface area contributed by atoms with Gasteiger partial charge in [-0.25, -0.2) is 19.7 Å². The van der Waals surface area contributed by atoms with Gasteiger partial charge in [-0.3, -0.25) is 9.69 Å². The van der Waals surface area contributed by atoms with Crippen LogP contribution in [-0.2, 0) is 17.7 Å². The first-order chi connectivity index (χ1) is 19.0. The summed E-state index contributed by atoms with van der Waals surface area (Å²) in [7, 11) is 1.61. The standard InChI is InChI=1S/C28H32ClN7O4/c1-16-12-18(6-7-19(16)24(37)30-5)33-26-32-13-17-8-9-35(15-20(17)34-26)21-14-31-25-23(22(21)29)36(10-11-39-25)27(38)40-28(2,3)4/h6-7,12-14H,8-11,15H2,1-5H3,(H,30,37)(H,32,33,34). The molecule has 1 aromatic carbocycles. The average Bonchev–Trinajstić information content (AvgIpc) is 2.91. The van der Waals surface area contributed by atoms with E-state index < -0.39 is 11.7 Å². The SMILES string of the molecule is CNC(=O)c1ccc(Nc2ncc3c(n2)CN(c2cnc4c(c2Cl)N(C(=O)OC(C)(C)C)CCO4)CC3)cc1C. The predicted molar refractivity (Wildman–Crippen MR) is 153 cm³/mol. The molecule has 210 valence electrons. The number of fused-ring (bicyclic) bond motifs is 2. The number of anilines is 4. The first-order valence-electron chi connectivity index (χ1n) is 13.1. The molecule has 0 atom stereocenters. The lowest BCUT2D eigenvalue weighted by atomic mass is 10.1. The predicted octanol–water partition coefficient (Wildman–Crippen LogP) is 4.63. The number of carbonyl (C=O) groups is 2. The van der Waals surface area contributed by atoms with Crippen molar-refractivity contribution >= 4 is 46.6 Å². The maximum Gasteiger partial charge on any atom is 0.415 e. The summed E-state index contributed by atoms with van der Waals surface area (Å²) in [5.74, 6) is 0.618. The van der Waals surface area contributed by atoms with Gasteiger partial charge >= 0.3 is 6.09 Å². The van der Waals surface area contributed by atoms with Gasteiger partial charge in [-0.2, -0.15) is 0 Å². The number of nitrogens with one attached hydrogen (secondary N) is 2. The van der Waals surface area contributed by atoms with Gasteiger partial charge in [0.25, 0.3) is 5.91 Å². The fourth-order valence-electron chi connectivity index (χ4n) is 4.69. The number of hydrogen-bond donors (Lipinski definition) is 2. The normalized spacial score (nSPS) is 14.6. The molecule has 0 spiro atoms. The summed E-state index contributed by atoms with van der Waals surface area (Å²) < 4.78 is 11.3. The Bertz CT molecular complexity index is 1470. The number of aromatic nitrogens is 3. The van der Waals surface area contributed by atoms with Gasteiger partial charge in [-0.1, -0.05) is 11.6 Å². The lowest BCUT2D eigenvalue weighted by Crippen LogP contribution is -2.42. The molecule has 2 aliphatic rings. The molecule has 11 nitrogen and oxygen atoms in total. The number of halogens is 1. The van der Waals surface area contributed by atoms with Gasteiger partial charge < -0.3 is 25.0 Å². The largest absolute Gasteiger partial charge is 0.474 e. The molecule has 0 bridgehead atoms. The zero-order valence-corrected chi connectivity index (χ0v) is 23.9. The lowest BCUT2D eigenvalue weighted by molar-refractivity contribution is 0.0566. The molecular formula is C28H32ClN7O4. The maximum atomic E-state index is 13.0. The summed E-state index contributed by atoms with van der Waals surface area (Å²) in [5, 5.41) is 6.26. The number of rotatable bonds is 4. The molecule has 2 aliphatic heterocycles. The van der Waals surface area contributed by atoms with E-state index >= 15 is 0 Å². The number of nitrogens with zero attached hydrogens (tertiary/aromatic N) is 5. The van der Waals surface area contributed by atoms with Gasteiger partial charge in [0.1, 0.15) is 17.9 Å². The average molecular weight is 566 g/mol. The van der Waals surface area contributed by atoms with Crippen LogP contribution in [0.15, 0.2) is 30.6 Å². The van der Waals surface area contributed by atoms with Gasteiger partial charge in [0, 0.05) is 31.0 Å². The summed E-state index contributed by atoms with van der Waals surface area (Å²) in [6.45, 7) is 9.10. The summed E-state index contributed by atoms with van der Waals surface area (Å²) in [5.41, 5.74) is 4.57. The van der Waals surface area contributed by atoms with Crippen LogP contribution in [0.2, 0.25) is 5.02 Å². The van der Waals surface area contributed by atoms with E-state index in [2.05, 4.69) is 25.5 Å². The van der Waals surface area contributed by atoms with Crippen molar-refractivity contribution in [3.8, 4) is 5.88 Å². The smallest absolute Gasteiger partial charge is 0.415 e. The van der Waals surface area contributed by atoms with E-state index in [9.17, 15) is 9.59 Å². The third-order valence-electron chi connectivity index (χ3n) is 6.62. The van der Waals surface area contributed by atoms with Crippen LogP contribution in [0.3, 0.4) is 0 Å². The highest BCUT2D eigenvalue weighted by atomic mass is 35.5. The molecule has 0 aliphatic carbocycles. The lowest BCUT2D eigenvalue weighted by Gasteiger charge is -2.34. The van der Waals surface area contributed by atoms with Crippen molar-refractivity contribution in [1.82, 2.24) is 20.3 Å². The van der Waals surface area contributed by atoms with E-state index in [0.717, 1.165) is 28.9 Å². The van der Waals surface area contributed by atoms with E-state index in [1.54, 1.807) is 19.3 Å². The van der Waals surface area contributed by atoms with Gasteiger partial charge in [0.2, 0.25) is 11.8 Å². The number of aryl methyl sites for hydroxylation is 1. The van der Waals surface area contributed by atoms with Crippen molar-refractivity contribution in [3.63, 3.8) is 0 Å². The highest BCUT2D eigenvalue weighted by molar-refractivity contribution is 6.36. The second kappa shape index (κ2) is 10.8. The summed E-state index contributed by atoms with van der Waals surface area (Å²) in [6, 6.07) is 5.48. The van der Waals surface area contributed by atoms with Gasteiger partial charge in [-0.15, -0.1) is 0 Å². The van der Waals surface area contributed by atoms with Crippen LogP contribution in [0.4, 0.5) is 27.8 Å². The minimum absolute atomic E-state index is 0.134. The van der Waals surface area contributed by atoms with Crippen LogP contribution >= 0.6 is 11.6 Å². The number of benzene rings is 1. The molecule has 2 amide bonds. The Morgan fingerprint density at radius 3 is 2.67 bits per heavy atom. The quantitative estimate of drug-likeness (QED) is 0.466. The molecule has 0 fully saturated rings. The minimum atomic E-state index is -0.653. The van der Waals surface area contributed by atoms with Crippen molar-refractivity contribution < 1.29 is 19.1 Å². The van der Waals surface area contributed by atoms with E-state index in [4.69, 9.17) is 26.1 Å². The van der Waals surface area contributed by atoms with E-state index in [0.29, 0.717) is 60.0 Å². The van der Waals surface area contributed by atoms with Crippen molar-refractivity contribution in [2.45, 2.75) is 46.3 Å². The Kier molecular flexibility index (Phi) is 7.41. The third kappa shape index (κ3) is 5.60. The first-order valence-corrected chi connectivity index (χ1v) is 13.4. The highest BCUT2D eigenvalue weighted by Gasteiger charge is 2.33. The summed E-state index contributed by atoms with van der Waals surface area (Å²) >= 11 is 6.91. The number of amides is 2. The molecule has 2 N–H and O–H groups in total. The fourth-order valence-corrected chi connectivity index (χ4v) is 5.04. The van der Waals surface area contributed by atoms with Crippen molar-refractivity contribution in [1.29, 1.82) is 0 Å². The molecular weight excluding hydrogens is 534 g/mol. The van der Waals surface area contributed by atoms with Crippen LogP contribution < -0.4 is 25.2 Å². The van der Waals surface area contributed by atoms with Crippen molar-refractivity contribution in [2.75, 3.05) is 41.9 Å². The minimum Gasteiger partial charge on any atom is -0.474 e. The molecule has 40 heavy (non-hydrogen) atoms. The Morgan fingerprint density at radius 1 is 1.15 bits per heavy atom. The highest BCUT2D eigenvalue weighted by Crippen LogP contribution is 2.43. The summed E-state index contributed by atoms with van der Waals surface area (Å²) in [6.07, 6.45) is 3.72. The second-order valence-electron chi connectivity index (χ2n) is 10.7. The first kappa shape index (κ1) is 27.4. The van der Waals surface area contributed by atoms with Crippen LogP contribution in [0.5, 0.6) is 5.88 Å². The molecule has 3 aromatic rings. The fraction of sp³-hybridized carbons (Fsp3) is 0.393. The number of pyridine rings is 1. The van der Waals surface area contributed by atoms with Crippen LogP contribution in [-0.4, -0.2) is 59.3 Å². The number of hydrogen-bond acceptors (Lipinski definition) is 9. The number of carbonyl (C=O) groups excluding carboxylic acids is 2. The van der Waals surface area contributed by atoms with Gasteiger partial charge in [0.15, 0.2) is 0 Å². The second-order valence-corrected chi connectivity index (χ2v) is 11.0. The Hall–Kier alpha value is -4.12. The molecule has 2 aromatic heterocycles. The maximum absolute atomic E-state index is 13.0. The topological polar surface area (TPSA) is 122 Å². The molecule has 0 radical (unpaired) electrons. The zero-order valence-electron chi connectivity index (χ0n) is 23.2. The van der Waals surface area contributed by atoms with Gasteiger partial charge in [-0.05, 0) is 63.4 Å². The molecule has 4 heterocycles. The Labute approximate surface area is 237 Å². The van der Waals surface area contributed by atoms with Gasteiger partial charge in [0.05, 0.1) is 35.7 Å². The van der Waals surface area contributed by atoms with Crippen molar-refractivity contribution in [2.24, 2.45) is 0 Å². The Morgan fingerprint density at radius 2 is 1.95 bits per heavy atom. The van der Waals surface area contributed by atoms with E-state index in [-0.39, 0.29) is 5.91 Å². The van der Waals surface area contributed by atoms with Crippen LogP contribution in [0, 0.1) is 6.92 Å². The zero-order chi connectivity index (χ0) is 28.6. The van der Waals surface area contributed by atoms with Crippen molar-refractivity contribution in [3.05, 3.63) is 58.0 Å². The summed E-state index contributed by atoms with van der Waals surface area (Å²) in [4.78, 5) is 42.3. The van der Waals surface area contributed by atoms with Crippen LogP contribution in [0.1, 0.15) is 48.0 Å². The van der Waals surface area contributed by atoms with Crippen LogP contribution in [0.25, 0.3) is 0 Å². The monoisotopic (exact) mass is 565 g/mol. The van der Waals surface area contributed by atoms with E-state index in [1.807, 2.05) is 46.0 Å². The molecule has 12 heteroatoms. The number of ether oxygens (including phenoxy) is 2. The van der Waals surface area contributed by atoms with E-state index in [1.165, 1.54) is 4.90 Å². The third-order valence-corrected chi connectivity index (χ3v) is 6.99. The molecule has 5 rings (SSSR count).